The number of aryl methyl sites for hydroxylation is 2. The molecule has 0 aliphatic carbocycles. The molecule has 2 aromatic rings. The first-order valence-electron chi connectivity index (χ1n) is 6.78. The van der Waals surface area contributed by atoms with Crippen molar-refractivity contribution in [1.29, 1.82) is 0 Å². The standard InChI is InChI=1S/C15H17ClN4O2/c1-10-7-11(2)20(19-10)9-15(22)18-17-14(21)8-12-5-3-4-6-13(12)16/h3-7H,8-9H2,1-2H3,(H,17,21)(H,18,22). The Balaban J connectivity index is 1.82. The van der Waals surface area contributed by atoms with E-state index < -0.39 is 0 Å². The minimum atomic E-state index is -0.348. The van der Waals surface area contributed by atoms with Gasteiger partial charge in [-0.15, -0.1) is 0 Å². The monoisotopic (exact) mass is 320 g/mol. The number of nitrogens with one attached hydrogen (secondary N) is 2. The number of benzene rings is 1. The number of halogens is 1. The molecule has 1 aromatic heterocycles. The van der Waals surface area contributed by atoms with E-state index in [-0.39, 0.29) is 24.8 Å². The van der Waals surface area contributed by atoms with Crippen LogP contribution in [-0.4, -0.2) is 21.6 Å². The molecule has 0 fully saturated rings. The molecule has 0 radical (unpaired) electrons. The largest absolute Gasteiger partial charge is 0.273 e. The summed E-state index contributed by atoms with van der Waals surface area (Å²) in [5, 5.41) is 4.70. The van der Waals surface area contributed by atoms with E-state index in [4.69, 9.17) is 11.6 Å². The maximum absolute atomic E-state index is 11.8. The second kappa shape index (κ2) is 7.09. The van der Waals surface area contributed by atoms with E-state index in [1.54, 1.807) is 28.9 Å². The lowest BCUT2D eigenvalue weighted by atomic mass is 10.1. The van der Waals surface area contributed by atoms with E-state index >= 15 is 0 Å². The summed E-state index contributed by atoms with van der Waals surface area (Å²) in [7, 11) is 0. The van der Waals surface area contributed by atoms with Crippen molar-refractivity contribution in [1.82, 2.24) is 20.6 Å². The number of hydrogen-bond acceptors (Lipinski definition) is 3. The van der Waals surface area contributed by atoms with E-state index in [1.165, 1.54) is 0 Å². The van der Waals surface area contributed by atoms with Gasteiger partial charge in [-0.05, 0) is 31.5 Å². The molecule has 2 amide bonds. The molecule has 1 heterocycles. The first-order valence-corrected chi connectivity index (χ1v) is 7.15. The number of aromatic nitrogens is 2. The molecule has 0 aliphatic rings. The molecular weight excluding hydrogens is 304 g/mol. The Bertz CT molecular complexity index is 697. The van der Waals surface area contributed by atoms with E-state index in [1.807, 2.05) is 19.9 Å². The van der Waals surface area contributed by atoms with Gasteiger partial charge in [0.2, 0.25) is 5.91 Å². The maximum Gasteiger partial charge on any atom is 0.260 e. The van der Waals surface area contributed by atoms with Crippen LogP contribution in [0.5, 0.6) is 0 Å². The summed E-state index contributed by atoms with van der Waals surface area (Å²) in [5.74, 6) is -0.687. The molecule has 2 rings (SSSR count). The number of carbonyl (C=O) groups excluding carboxylic acids is 2. The highest BCUT2D eigenvalue weighted by Crippen LogP contribution is 2.14. The lowest BCUT2D eigenvalue weighted by Crippen LogP contribution is -2.44. The Labute approximate surface area is 133 Å². The van der Waals surface area contributed by atoms with Gasteiger partial charge in [-0.25, -0.2) is 0 Å². The summed E-state index contributed by atoms with van der Waals surface area (Å²) >= 11 is 5.98. The van der Waals surface area contributed by atoms with Gasteiger partial charge in [0.05, 0.1) is 12.1 Å². The molecule has 0 aliphatic heterocycles. The number of hydrogen-bond donors (Lipinski definition) is 2. The number of carbonyl (C=O) groups is 2. The third kappa shape index (κ3) is 4.33. The fourth-order valence-electron chi connectivity index (χ4n) is 2.01. The normalized spacial score (nSPS) is 10.3. The van der Waals surface area contributed by atoms with Crippen molar-refractivity contribution in [2.24, 2.45) is 0 Å². The molecule has 0 atom stereocenters. The van der Waals surface area contributed by atoms with Crippen LogP contribution < -0.4 is 10.9 Å². The van der Waals surface area contributed by atoms with Gasteiger partial charge >= 0.3 is 0 Å². The third-order valence-electron chi connectivity index (χ3n) is 3.05. The van der Waals surface area contributed by atoms with Gasteiger partial charge in [0, 0.05) is 10.7 Å². The SMILES string of the molecule is Cc1cc(C)n(CC(=O)NNC(=O)Cc2ccccc2Cl)n1. The number of amides is 2. The van der Waals surface area contributed by atoms with Crippen LogP contribution in [0.3, 0.4) is 0 Å². The van der Waals surface area contributed by atoms with Crippen LogP contribution in [0.4, 0.5) is 0 Å². The zero-order chi connectivity index (χ0) is 16.1. The van der Waals surface area contributed by atoms with Gasteiger partial charge < -0.3 is 0 Å². The quantitative estimate of drug-likeness (QED) is 0.839. The molecule has 0 spiro atoms. The molecular formula is C15H17ClN4O2. The molecule has 7 heteroatoms. The fraction of sp³-hybridized carbons (Fsp3) is 0.267. The van der Waals surface area contributed by atoms with Crippen molar-refractivity contribution in [3.63, 3.8) is 0 Å². The van der Waals surface area contributed by atoms with E-state index in [2.05, 4.69) is 16.0 Å². The summed E-state index contributed by atoms with van der Waals surface area (Å²) in [6, 6.07) is 8.95. The van der Waals surface area contributed by atoms with Crippen molar-refractivity contribution in [3.8, 4) is 0 Å². The Kier molecular flexibility index (Phi) is 5.16. The van der Waals surface area contributed by atoms with E-state index in [0.29, 0.717) is 10.6 Å². The van der Waals surface area contributed by atoms with Crippen LogP contribution in [-0.2, 0) is 22.6 Å². The predicted molar refractivity (Wildman–Crippen MR) is 83.1 cm³/mol. The molecule has 0 unspecified atom stereocenters. The molecule has 22 heavy (non-hydrogen) atoms. The van der Waals surface area contributed by atoms with Gasteiger partial charge in [-0.3, -0.25) is 25.1 Å². The van der Waals surface area contributed by atoms with Gasteiger partial charge in [-0.2, -0.15) is 5.10 Å². The van der Waals surface area contributed by atoms with Gasteiger partial charge in [0.1, 0.15) is 6.54 Å². The molecule has 116 valence electrons. The van der Waals surface area contributed by atoms with Crippen LogP contribution in [0.1, 0.15) is 17.0 Å². The lowest BCUT2D eigenvalue weighted by molar-refractivity contribution is -0.129. The Morgan fingerprint density at radius 2 is 1.86 bits per heavy atom. The summed E-state index contributed by atoms with van der Waals surface area (Å²) in [6.07, 6.45) is 0.0971. The maximum atomic E-state index is 11.8. The van der Waals surface area contributed by atoms with Crippen molar-refractivity contribution in [2.45, 2.75) is 26.8 Å². The van der Waals surface area contributed by atoms with Gasteiger partial charge in [0.15, 0.2) is 0 Å². The second-order valence-electron chi connectivity index (χ2n) is 4.95. The smallest absolute Gasteiger partial charge is 0.260 e. The zero-order valence-corrected chi connectivity index (χ0v) is 13.1. The number of rotatable bonds is 4. The van der Waals surface area contributed by atoms with Crippen LogP contribution in [0.2, 0.25) is 5.02 Å². The molecule has 2 N–H and O–H groups in total. The van der Waals surface area contributed by atoms with Crippen molar-refractivity contribution < 1.29 is 9.59 Å². The second-order valence-corrected chi connectivity index (χ2v) is 5.36. The van der Waals surface area contributed by atoms with E-state index in [9.17, 15) is 9.59 Å². The van der Waals surface area contributed by atoms with Crippen molar-refractivity contribution in [3.05, 3.63) is 52.3 Å². The van der Waals surface area contributed by atoms with Gasteiger partial charge in [0.25, 0.3) is 5.91 Å². The average Bonchev–Trinajstić information content (AvgIpc) is 2.77. The van der Waals surface area contributed by atoms with Crippen molar-refractivity contribution in [2.75, 3.05) is 0 Å². The van der Waals surface area contributed by atoms with E-state index in [0.717, 1.165) is 11.4 Å². The topological polar surface area (TPSA) is 76.0 Å². The van der Waals surface area contributed by atoms with Crippen LogP contribution in [0.15, 0.2) is 30.3 Å². The summed E-state index contributed by atoms with van der Waals surface area (Å²) in [4.78, 5) is 23.6. The first kappa shape index (κ1) is 16.0. The fourth-order valence-corrected chi connectivity index (χ4v) is 2.21. The summed E-state index contributed by atoms with van der Waals surface area (Å²) < 4.78 is 1.57. The number of hydrazine groups is 1. The molecule has 6 nitrogen and oxygen atoms in total. The highest BCUT2D eigenvalue weighted by atomic mass is 35.5. The number of nitrogens with zero attached hydrogens (tertiary/aromatic N) is 2. The first-order chi connectivity index (χ1) is 10.5. The van der Waals surface area contributed by atoms with Crippen LogP contribution in [0.25, 0.3) is 0 Å². The highest BCUT2D eigenvalue weighted by Gasteiger charge is 2.10. The van der Waals surface area contributed by atoms with Crippen molar-refractivity contribution >= 4 is 23.4 Å². The molecule has 0 bridgehead atoms. The lowest BCUT2D eigenvalue weighted by Gasteiger charge is -2.09. The Morgan fingerprint density at radius 3 is 2.50 bits per heavy atom. The Hall–Kier alpha value is -2.34. The minimum Gasteiger partial charge on any atom is -0.273 e. The molecule has 1 aromatic carbocycles. The predicted octanol–water partition coefficient (Wildman–Crippen LogP) is 1.54. The third-order valence-corrected chi connectivity index (χ3v) is 3.42. The average molecular weight is 321 g/mol. The summed E-state index contributed by atoms with van der Waals surface area (Å²) in [6.45, 7) is 3.77. The Morgan fingerprint density at radius 1 is 1.18 bits per heavy atom. The van der Waals surface area contributed by atoms with Crippen LogP contribution >= 0.6 is 11.6 Å². The highest BCUT2D eigenvalue weighted by molar-refractivity contribution is 6.31. The summed E-state index contributed by atoms with van der Waals surface area (Å²) in [5.41, 5.74) is 7.16. The molecule has 0 saturated heterocycles. The zero-order valence-electron chi connectivity index (χ0n) is 12.4. The molecule has 0 saturated carbocycles. The van der Waals surface area contributed by atoms with Gasteiger partial charge in [-0.1, -0.05) is 29.8 Å². The minimum absolute atomic E-state index is 0.0477. The van der Waals surface area contributed by atoms with Crippen LogP contribution in [0, 0.1) is 13.8 Å².